The first-order valence-electron chi connectivity index (χ1n) is 5.33. The minimum Gasteiger partial charge on any atom is -0.245 e. The largest absolute Gasteiger partial charge is 0.245 e. The zero-order chi connectivity index (χ0) is 11.8. The fourth-order valence-electron chi connectivity index (χ4n) is 1.47. The first-order chi connectivity index (χ1) is 8.24. The number of pyridine rings is 1. The van der Waals surface area contributed by atoms with Crippen LogP contribution in [0.25, 0.3) is 0 Å². The summed E-state index contributed by atoms with van der Waals surface area (Å²) in [6.07, 6.45) is 2.34. The van der Waals surface area contributed by atoms with Crippen molar-refractivity contribution in [2.45, 2.75) is 36.0 Å². The van der Waals surface area contributed by atoms with Gasteiger partial charge in [0.15, 0.2) is 0 Å². The number of aromatic nitrogens is 5. The van der Waals surface area contributed by atoms with Gasteiger partial charge in [-0.1, -0.05) is 0 Å². The predicted octanol–water partition coefficient (Wildman–Crippen LogP) is 2.63. The fourth-order valence-corrected chi connectivity index (χ4v) is 2.56. The van der Waals surface area contributed by atoms with Crippen LogP contribution in [-0.2, 0) is 0 Å². The number of nitrogens with zero attached hydrogens (tertiary/aromatic N) is 5. The third-order valence-corrected chi connectivity index (χ3v) is 4.27. The Morgan fingerprint density at radius 2 is 2.24 bits per heavy atom. The zero-order valence-corrected chi connectivity index (χ0v) is 11.6. The molecule has 1 fully saturated rings. The Morgan fingerprint density at radius 3 is 2.94 bits per heavy atom. The van der Waals surface area contributed by atoms with E-state index in [1.165, 1.54) is 24.6 Å². The monoisotopic (exact) mass is 311 g/mol. The van der Waals surface area contributed by atoms with Gasteiger partial charge >= 0.3 is 0 Å². The van der Waals surface area contributed by atoms with Crippen LogP contribution in [-0.4, -0.2) is 25.2 Å². The highest BCUT2D eigenvalue weighted by molar-refractivity contribution is 9.10. The van der Waals surface area contributed by atoms with Gasteiger partial charge in [-0.3, -0.25) is 0 Å². The summed E-state index contributed by atoms with van der Waals surface area (Å²) >= 11 is 4.94. The maximum Gasteiger partial charge on any atom is 0.215 e. The smallest absolute Gasteiger partial charge is 0.215 e. The molecule has 88 valence electrons. The standard InChI is InChI=1S/C10H10BrN5S/c1-6-8(11)4-5-9(12-6)17-10-13-14-15-16(10)7-2-3-7/h4-5,7H,2-3H2,1H3. The van der Waals surface area contributed by atoms with Gasteiger partial charge in [0, 0.05) is 4.47 Å². The van der Waals surface area contributed by atoms with E-state index in [1.807, 2.05) is 23.7 Å². The van der Waals surface area contributed by atoms with Crippen LogP contribution in [0.15, 0.2) is 26.8 Å². The molecule has 1 aliphatic carbocycles. The van der Waals surface area contributed by atoms with Gasteiger partial charge in [-0.2, -0.15) is 0 Å². The van der Waals surface area contributed by atoms with E-state index in [0.29, 0.717) is 6.04 Å². The van der Waals surface area contributed by atoms with Crippen LogP contribution in [0.5, 0.6) is 0 Å². The Bertz CT molecular complexity index is 551. The van der Waals surface area contributed by atoms with Crippen molar-refractivity contribution in [3.05, 3.63) is 22.3 Å². The third-order valence-electron chi connectivity index (χ3n) is 2.55. The number of tetrazole rings is 1. The SMILES string of the molecule is Cc1nc(Sc2nnnn2C2CC2)ccc1Br. The molecule has 2 heterocycles. The average Bonchev–Trinajstić information content (AvgIpc) is 3.05. The van der Waals surface area contributed by atoms with E-state index in [9.17, 15) is 0 Å². The van der Waals surface area contributed by atoms with Gasteiger partial charge in [0.2, 0.25) is 5.16 Å². The quantitative estimate of drug-likeness (QED) is 0.872. The lowest BCUT2D eigenvalue weighted by Crippen LogP contribution is -1.99. The molecule has 0 unspecified atom stereocenters. The van der Waals surface area contributed by atoms with Gasteiger partial charge in [0.05, 0.1) is 11.7 Å². The molecule has 0 saturated heterocycles. The maximum absolute atomic E-state index is 4.48. The molecule has 0 aliphatic heterocycles. The molecule has 2 aromatic heterocycles. The van der Waals surface area contributed by atoms with Crippen molar-refractivity contribution in [2.24, 2.45) is 0 Å². The van der Waals surface area contributed by atoms with Crippen LogP contribution in [0.2, 0.25) is 0 Å². The van der Waals surface area contributed by atoms with E-state index >= 15 is 0 Å². The topological polar surface area (TPSA) is 56.5 Å². The molecule has 0 amide bonds. The summed E-state index contributed by atoms with van der Waals surface area (Å²) in [5.41, 5.74) is 0.973. The number of aryl methyl sites for hydroxylation is 1. The maximum atomic E-state index is 4.48. The van der Waals surface area contributed by atoms with Gasteiger partial charge in [-0.15, -0.1) is 5.10 Å². The lowest BCUT2D eigenvalue weighted by molar-refractivity contribution is 0.565. The molecular formula is C10H10BrN5S. The van der Waals surface area contributed by atoms with Crippen molar-refractivity contribution < 1.29 is 0 Å². The first-order valence-corrected chi connectivity index (χ1v) is 6.94. The molecule has 0 N–H and O–H groups in total. The number of rotatable bonds is 3. The first kappa shape index (κ1) is 11.2. The summed E-state index contributed by atoms with van der Waals surface area (Å²) in [6.45, 7) is 1.97. The second kappa shape index (κ2) is 4.38. The van der Waals surface area contributed by atoms with Gasteiger partial charge in [0.1, 0.15) is 5.03 Å². The van der Waals surface area contributed by atoms with Gasteiger partial charge in [0.25, 0.3) is 0 Å². The van der Waals surface area contributed by atoms with E-state index in [0.717, 1.165) is 20.3 Å². The van der Waals surface area contributed by atoms with E-state index in [2.05, 4.69) is 36.4 Å². The second-order valence-electron chi connectivity index (χ2n) is 3.96. The lowest BCUT2D eigenvalue weighted by Gasteiger charge is -2.03. The zero-order valence-electron chi connectivity index (χ0n) is 9.17. The summed E-state index contributed by atoms with van der Waals surface area (Å²) in [7, 11) is 0. The molecule has 0 radical (unpaired) electrons. The Hall–Kier alpha value is -0.950. The van der Waals surface area contributed by atoms with E-state index in [-0.39, 0.29) is 0 Å². The molecule has 5 nitrogen and oxygen atoms in total. The van der Waals surface area contributed by atoms with Crippen LogP contribution < -0.4 is 0 Å². The van der Waals surface area contributed by atoms with E-state index < -0.39 is 0 Å². The minimum atomic E-state index is 0.490. The summed E-state index contributed by atoms with van der Waals surface area (Å²) in [6, 6.07) is 4.45. The predicted molar refractivity (Wildman–Crippen MR) is 66.9 cm³/mol. The Labute approximate surface area is 111 Å². The van der Waals surface area contributed by atoms with Crippen molar-refractivity contribution >= 4 is 27.7 Å². The van der Waals surface area contributed by atoms with Crippen LogP contribution in [0.3, 0.4) is 0 Å². The molecule has 0 bridgehead atoms. The van der Waals surface area contributed by atoms with Gasteiger partial charge in [-0.25, -0.2) is 9.67 Å². The van der Waals surface area contributed by atoms with E-state index in [1.54, 1.807) is 0 Å². The van der Waals surface area contributed by atoms with Crippen molar-refractivity contribution in [3.63, 3.8) is 0 Å². The molecule has 0 atom stereocenters. The highest BCUT2D eigenvalue weighted by atomic mass is 79.9. The molecule has 1 saturated carbocycles. The summed E-state index contributed by atoms with van der Waals surface area (Å²) in [5.74, 6) is 0. The Morgan fingerprint density at radius 1 is 1.41 bits per heavy atom. The Kier molecular flexibility index (Phi) is 2.87. The van der Waals surface area contributed by atoms with Crippen LogP contribution >= 0.6 is 27.7 Å². The van der Waals surface area contributed by atoms with Crippen molar-refractivity contribution in [1.29, 1.82) is 0 Å². The molecule has 0 spiro atoms. The highest BCUT2D eigenvalue weighted by Crippen LogP contribution is 2.37. The molecule has 0 aromatic carbocycles. The molecular weight excluding hydrogens is 302 g/mol. The molecule has 17 heavy (non-hydrogen) atoms. The molecule has 1 aliphatic rings. The summed E-state index contributed by atoms with van der Waals surface area (Å²) in [4.78, 5) is 4.48. The lowest BCUT2D eigenvalue weighted by atomic mass is 10.4. The van der Waals surface area contributed by atoms with Crippen LogP contribution in [0.1, 0.15) is 24.6 Å². The molecule has 2 aromatic rings. The number of halogens is 1. The summed E-state index contributed by atoms with van der Waals surface area (Å²) in [5, 5.41) is 13.5. The van der Waals surface area contributed by atoms with Crippen LogP contribution in [0.4, 0.5) is 0 Å². The second-order valence-corrected chi connectivity index (χ2v) is 5.80. The van der Waals surface area contributed by atoms with Crippen molar-refractivity contribution in [3.8, 4) is 0 Å². The van der Waals surface area contributed by atoms with Crippen molar-refractivity contribution in [1.82, 2.24) is 25.2 Å². The third kappa shape index (κ3) is 2.35. The highest BCUT2D eigenvalue weighted by Gasteiger charge is 2.28. The van der Waals surface area contributed by atoms with Gasteiger partial charge in [-0.05, 0) is 70.0 Å². The van der Waals surface area contributed by atoms with E-state index in [4.69, 9.17) is 0 Å². The molecule has 7 heteroatoms. The number of hydrogen-bond donors (Lipinski definition) is 0. The van der Waals surface area contributed by atoms with Gasteiger partial charge < -0.3 is 0 Å². The average molecular weight is 312 g/mol. The normalized spacial score (nSPS) is 15.2. The fraction of sp³-hybridized carbons (Fsp3) is 0.400. The molecule has 3 rings (SSSR count). The minimum absolute atomic E-state index is 0.490. The summed E-state index contributed by atoms with van der Waals surface area (Å²) < 4.78 is 2.91. The van der Waals surface area contributed by atoms with Crippen LogP contribution in [0, 0.1) is 6.92 Å². The van der Waals surface area contributed by atoms with Crippen molar-refractivity contribution in [2.75, 3.05) is 0 Å². The Balaban J connectivity index is 1.85. The number of hydrogen-bond acceptors (Lipinski definition) is 5.